The standard InChI is InChI=1S/C23H27ClN2O/c1-22-9-6-19-15(13-26-21-11-14(27)5-8-23(19,21)2)17(22)3-4-18(22)16-12-25-10-7-20(16)24/h4,7,10,12,15,17,19H,3,5-6,8-9,11,13H2,1-2H3/t15-,17-,19-,22-,23+/m0/s1. The molecule has 0 N–H and O–H groups in total. The third kappa shape index (κ3) is 2.43. The van der Waals surface area contributed by atoms with Crippen molar-refractivity contribution >= 4 is 28.7 Å². The summed E-state index contributed by atoms with van der Waals surface area (Å²) >= 11 is 6.53. The normalized spacial score (nSPS) is 40.6. The number of aromatic nitrogens is 1. The summed E-state index contributed by atoms with van der Waals surface area (Å²) in [5.74, 6) is 2.26. The smallest absolute Gasteiger partial charge is 0.138 e. The second-order valence-electron chi connectivity index (χ2n) is 9.46. The predicted molar refractivity (Wildman–Crippen MR) is 109 cm³/mol. The molecule has 0 bridgehead atoms. The van der Waals surface area contributed by atoms with E-state index >= 15 is 0 Å². The molecule has 1 aliphatic heterocycles. The molecule has 2 heterocycles. The highest BCUT2D eigenvalue weighted by Gasteiger charge is 2.57. The Balaban J connectivity index is 1.50. The maximum Gasteiger partial charge on any atom is 0.138 e. The Bertz CT molecular complexity index is 875. The lowest BCUT2D eigenvalue weighted by molar-refractivity contribution is -0.120. The summed E-state index contributed by atoms with van der Waals surface area (Å²) in [4.78, 5) is 21.3. The number of rotatable bonds is 1. The van der Waals surface area contributed by atoms with Crippen LogP contribution in [0.2, 0.25) is 5.02 Å². The van der Waals surface area contributed by atoms with Crippen LogP contribution in [0.4, 0.5) is 0 Å². The van der Waals surface area contributed by atoms with Crippen LogP contribution >= 0.6 is 11.6 Å². The second-order valence-corrected chi connectivity index (χ2v) is 9.87. The van der Waals surface area contributed by atoms with Gasteiger partial charge in [0.25, 0.3) is 0 Å². The zero-order valence-electron chi connectivity index (χ0n) is 16.2. The van der Waals surface area contributed by atoms with Crippen LogP contribution < -0.4 is 0 Å². The average molecular weight is 383 g/mol. The largest absolute Gasteiger partial charge is 0.299 e. The van der Waals surface area contributed by atoms with Crippen molar-refractivity contribution in [1.29, 1.82) is 0 Å². The summed E-state index contributed by atoms with van der Waals surface area (Å²) in [6.45, 7) is 5.71. The van der Waals surface area contributed by atoms with Crippen molar-refractivity contribution in [2.45, 2.75) is 52.4 Å². The first-order chi connectivity index (χ1) is 12.9. The zero-order valence-corrected chi connectivity index (χ0v) is 16.9. The van der Waals surface area contributed by atoms with Crippen molar-refractivity contribution in [1.82, 2.24) is 4.98 Å². The highest BCUT2D eigenvalue weighted by Crippen LogP contribution is 2.64. The highest BCUT2D eigenvalue weighted by molar-refractivity contribution is 6.32. The van der Waals surface area contributed by atoms with Crippen LogP contribution in [0.3, 0.4) is 0 Å². The molecule has 142 valence electrons. The number of halogens is 1. The minimum absolute atomic E-state index is 0.132. The number of carbonyl (C=O) groups is 1. The molecular weight excluding hydrogens is 356 g/mol. The van der Waals surface area contributed by atoms with E-state index in [0.717, 1.165) is 36.4 Å². The summed E-state index contributed by atoms with van der Waals surface area (Å²) in [5.41, 5.74) is 3.99. The molecule has 27 heavy (non-hydrogen) atoms. The van der Waals surface area contributed by atoms with E-state index in [2.05, 4.69) is 24.9 Å². The number of fused-ring (bicyclic) bond motifs is 5. The van der Waals surface area contributed by atoms with Gasteiger partial charge in [0.2, 0.25) is 0 Å². The van der Waals surface area contributed by atoms with Crippen molar-refractivity contribution < 1.29 is 4.79 Å². The van der Waals surface area contributed by atoms with E-state index in [1.54, 1.807) is 6.20 Å². The topological polar surface area (TPSA) is 42.3 Å². The molecule has 0 unspecified atom stereocenters. The van der Waals surface area contributed by atoms with Crippen LogP contribution in [0.1, 0.15) is 57.9 Å². The van der Waals surface area contributed by atoms with Gasteiger partial charge >= 0.3 is 0 Å². The van der Waals surface area contributed by atoms with Crippen molar-refractivity contribution in [3.8, 4) is 0 Å². The third-order valence-corrected chi connectivity index (χ3v) is 8.66. The lowest BCUT2D eigenvalue weighted by Crippen LogP contribution is -2.54. The van der Waals surface area contributed by atoms with E-state index in [-0.39, 0.29) is 10.8 Å². The molecule has 0 radical (unpaired) electrons. The molecule has 5 rings (SSSR count). The minimum atomic E-state index is 0.132. The molecule has 5 atom stereocenters. The van der Waals surface area contributed by atoms with Crippen LogP contribution in [0.5, 0.6) is 0 Å². The quantitative estimate of drug-likeness (QED) is 0.653. The summed E-state index contributed by atoms with van der Waals surface area (Å²) in [5, 5.41) is 0.807. The Hall–Kier alpha value is -1.48. The second kappa shape index (κ2) is 6.01. The molecular formula is C23H27ClN2O. The summed E-state index contributed by atoms with van der Waals surface area (Å²) < 4.78 is 0. The van der Waals surface area contributed by atoms with Gasteiger partial charge in [0.1, 0.15) is 5.78 Å². The van der Waals surface area contributed by atoms with Gasteiger partial charge < -0.3 is 0 Å². The fourth-order valence-corrected chi connectivity index (χ4v) is 6.97. The molecule has 1 aromatic heterocycles. The number of hydrogen-bond donors (Lipinski definition) is 0. The first kappa shape index (κ1) is 17.6. The zero-order chi connectivity index (χ0) is 18.8. The number of aliphatic imine (C=N–C) groups is 1. The first-order valence-electron chi connectivity index (χ1n) is 10.3. The number of hydrogen-bond acceptors (Lipinski definition) is 3. The Labute approximate surface area is 166 Å². The van der Waals surface area contributed by atoms with Gasteiger partial charge in [0, 0.05) is 48.5 Å². The van der Waals surface area contributed by atoms with E-state index in [1.165, 1.54) is 24.1 Å². The monoisotopic (exact) mass is 382 g/mol. The SMILES string of the molecule is C[C@]12CCC(=O)CC1=NC[C@@H]1[C@@H]2CC[C@]2(C)C(c3cnccc3Cl)=CC[C@@H]12. The number of nitrogens with zero attached hydrogens (tertiary/aromatic N) is 2. The van der Waals surface area contributed by atoms with E-state index in [4.69, 9.17) is 16.6 Å². The number of Topliss-reactive ketones (excluding diaryl/α,β-unsaturated/α-hetero) is 1. The summed E-state index contributed by atoms with van der Waals surface area (Å²) in [6.07, 6.45) is 11.9. The van der Waals surface area contributed by atoms with Gasteiger partial charge in [-0.05, 0) is 60.5 Å². The van der Waals surface area contributed by atoms with E-state index in [1.807, 2.05) is 12.3 Å². The molecule has 1 aromatic rings. The van der Waals surface area contributed by atoms with Crippen LogP contribution in [0.25, 0.3) is 5.57 Å². The van der Waals surface area contributed by atoms with Crippen molar-refractivity contribution in [3.05, 3.63) is 35.1 Å². The van der Waals surface area contributed by atoms with Crippen LogP contribution in [0.15, 0.2) is 29.5 Å². The number of pyridine rings is 1. The molecule has 3 aliphatic carbocycles. The highest BCUT2D eigenvalue weighted by atomic mass is 35.5. The molecule has 0 spiro atoms. The molecule has 2 fully saturated rings. The summed E-state index contributed by atoms with van der Waals surface area (Å²) in [7, 11) is 0. The maximum atomic E-state index is 12.0. The molecule has 0 amide bonds. The molecule has 0 saturated heterocycles. The average Bonchev–Trinajstić information content (AvgIpc) is 3.00. The Morgan fingerprint density at radius 1 is 1.19 bits per heavy atom. The van der Waals surface area contributed by atoms with Crippen LogP contribution in [-0.2, 0) is 4.79 Å². The van der Waals surface area contributed by atoms with Gasteiger partial charge in [0.15, 0.2) is 0 Å². The molecule has 0 aromatic carbocycles. The van der Waals surface area contributed by atoms with Gasteiger partial charge in [-0.15, -0.1) is 0 Å². The molecule has 3 nitrogen and oxygen atoms in total. The fourth-order valence-electron chi connectivity index (χ4n) is 6.77. The minimum Gasteiger partial charge on any atom is -0.299 e. The third-order valence-electron chi connectivity index (χ3n) is 8.33. The molecule has 4 heteroatoms. The first-order valence-corrected chi connectivity index (χ1v) is 10.7. The van der Waals surface area contributed by atoms with Gasteiger partial charge in [-0.1, -0.05) is 31.5 Å². The van der Waals surface area contributed by atoms with Crippen molar-refractivity contribution in [2.75, 3.05) is 6.54 Å². The fraction of sp³-hybridized carbons (Fsp3) is 0.609. The van der Waals surface area contributed by atoms with Gasteiger partial charge in [0.05, 0.1) is 5.02 Å². The lowest BCUT2D eigenvalue weighted by atomic mass is 9.49. The predicted octanol–water partition coefficient (Wildman–Crippen LogP) is 5.38. The summed E-state index contributed by atoms with van der Waals surface area (Å²) in [6, 6.07) is 1.90. The number of carbonyl (C=O) groups excluding carboxylic acids is 1. The van der Waals surface area contributed by atoms with E-state index in [0.29, 0.717) is 30.0 Å². The van der Waals surface area contributed by atoms with Gasteiger partial charge in [-0.3, -0.25) is 14.8 Å². The van der Waals surface area contributed by atoms with Gasteiger partial charge in [-0.2, -0.15) is 0 Å². The van der Waals surface area contributed by atoms with Crippen molar-refractivity contribution in [3.63, 3.8) is 0 Å². The van der Waals surface area contributed by atoms with E-state index in [9.17, 15) is 4.79 Å². The Kier molecular flexibility index (Phi) is 3.92. The molecule has 2 saturated carbocycles. The number of ketones is 1. The van der Waals surface area contributed by atoms with Crippen LogP contribution in [-0.4, -0.2) is 23.0 Å². The Morgan fingerprint density at radius 3 is 2.85 bits per heavy atom. The Morgan fingerprint density at radius 2 is 2.04 bits per heavy atom. The maximum absolute atomic E-state index is 12.0. The van der Waals surface area contributed by atoms with Crippen molar-refractivity contribution in [2.24, 2.45) is 33.6 Å². The lowest BCUT2D eigenvalue weighted by Gasteiger charge is -2.56. The molecule has 4 aliphatic rings. The van der Waals surface area contributed by atoms with Crippen LogP contribution in [0, 0.1) is 28.6 Å². The van der Waals surface area contributed by atoms with E-state index < -0.39 is 0 Å². The van der Waals surface area contributed by atoms with Gasteiger partial charge in [-0.25, -0.2) is 0 Å². The number of allylic oxidation sites excluding steroid dienone is 2.